The molecule has 2 aromatic carbocycles. The number of hydrogen-bond acceptors (Lipinski definition) is 2. The Bertz CT molecular complexity index is 730. The molecule has 3 nitrogen and oxygen atoms in total. The van der Waals surface area contributed by atoms with E-state index in [2.05, 4.69) is 11.2 Å². The zero-order valence-corrected chi connectivity index (χ0v) is 9.96. The molecule has 0 amide bonds. The summed E-state index contributed by atoms with van der Waals surface area (Å²) in [4.78, 5) is 0. The lowest BCUT2D eigenvalue weighted by Crippen LogP contribution is -1.98. The third kappa shape index (κ3) is 1.64. The first-order chi connectivity index (χ1) is 8.78. The van der Waals surface area contributed by atoms with Gasteiger partial charge in [0.2, 0.25) is 0 Å². The van der Waals surface area contributed by atoms with Gasteiger partial charge in [-0.2, -0.15) is 10.4 Å². The minimum atomic E-state index is 0.633. The standard InChI is InChI=1S/C15H11N3/c1-11-6-7-12(9-16)15(8-11)18-10-13-4-2-3-5-14(13)17-18/h2-8,10H,1H3. The molecule has 0 N–H and O–H groups in total. The van der Waals surface area contributed by atoms with Crippen LogP contribution in [0.4, 0.5) is 0 Å². The van der Waals surface area contributed by atoms with E-state index in [1.165, 1.54) is 0 Å². The molecule has 0 unspecified atom stereocenters. The lowest BCUT2D eigenvalue weighted by Gasteiger charge is -2.04. The average Bonchev–Trinajstić information content (AvgIpc) is 2.82. The van der Waals surface area contributed by atoms with Crippen molar-refractivity contribution in [2.75, 3.05) is 0 Å². The predicted molar refractivity (Wildman–Crippen MR) is 70.5 cm³/mol. The van der Waals surface area contributed by atoms with Crippen LogP contribution in [0.25, 0.3) is 16.6 Å². The van der Waals surface area contributed by atoms with Gasteiger partial charge in [0.15, 0.2) is 0 Å². The average molecular weight is 233 g/mol. The van der Waals surface area contributed by atoms with Gasteiger partial charge in [0.1, 0.15) is 6.07 Å². The zero-order chi connectivity index (χ0) is 12.5. The number of fused-ring (bicyclic) bond motifs is 1. The van der Waals surface area contributed by atoms with Crippen molar-refractivity contribution in [3.63, 3.8) is 0 Å². The van der Waals surface area contributed by atoms with Gasteiger partial charge in [0.25, 0.3) is 0 Å². The van der Waals surface area contributed by atoms with Crippen LogP contribution in [-0.2, 0) is 0 Å². The monoisotopic (exact) mass is 233 g/mol. The highest BCUT2D eigenvalue weighted by atomic mass is 15.3. The molecular formula is C15H11N3. The Labute approximate surface area is 105 Å². The fourth-order valence-electron chi connectivity index (χ4n) is 2.01. The van der Waals surface area contributed by atoms with Crippen LogP contribution in [0, 0.1) is 18.3 Å². The summed E-state index contributed by atoms with van der Waals surface area (Å²) in [5.41, 5.74) is 3.51. The summed E-state index contributed by atoms with van der Waals surface area (Å²) in [5.74, 6) is 0. The van der Waals surface area contributed by atoms with Crippen LogP contribution < -0.4 is 0 Å². The number of hydrogen-bond donors (Lipinski definition) is 0. The van der Waals surface area contributed by atoms with Crippen molar-refractivity contribution in [2.24, 2.45) is 0 Å². The van der Waals surface area contributed by atoms with Crippen LogP contribution in [0.3, 0.4) is 0 Å². The molecule has 86 valence electrons. The summed E-state index contributed by atoms with van der Waals surface area (Å²) < 4.78 is 1.77. The van der Waals surface area contributed by atoms with Crippen molar-refractivity contribution < 1.29 is 0 Å². The van der Waals surface area contributed by atoms with Gasteiger partial charge in [0, 0.05) is 11.6 Å². The predicted octanol–water partition coefficient (Wildman–Crippen LogP) is 3.21. The molecule has 1 aromatic heterocycles. The first kappa shape index (κ1) is 10.5. The van der Waals surface area contributed by atoms with Crippen LogP contribution in [-0.4, -0.2) is 9.78 Å². The van der Waals surface area contributed by atoms with Gasteiger partial charge in [-0.1, -0.05) is 24.3 Å². The zero-order valence-electron chi connectivity index (χ0n) is 9.96. The second kappa shape index (κ2) is 4.01. The van der Waals surface area contributed by atoms with E-state index < -0.39 is 0 Å². The largest absolute Gasteiger partial charge is 0.238 e. The first-order valence-corrected chi connectivity index (χ1v) is 5.73. The number of rotatable bonds is 1. The normalized spacial score (nSPS) is 10.4. The van der Waals surface area contributed by atoms with Crippen LogP contribution >= 0.6 is 0 Å². The van der Waals surface area contributed by atoms with Gasteiger partial charge in [-0.3, -0.25) is 0 Å². The summed E-state index contributed by atoms with van der Waals surface area (Å²) in [6.45, 7) is 2.01. The SMILES string of the molecule is Cc1ccc(C#N)c(-n2cc3ccccc3n2)c1. The molecule has 0 aliphatic rings. The van der Waals surface area contributed by atoms with Crippen LogP contribution in [0.2, 0.25) is 0 Å². The molecule has 0 aliphatic carbocycles. The van der Waals surface area contributed by atoms with Crippen LogP contribution in [0.1, 0.15) is 11.1 Å². The maximum absolute atomic E-state index is 9.15. The molecule has 0 saturated heterocycles. The van der Waals surface area contributed by atoms with Crippen molar-refractivity contribution in [3.05, 3.63) is 59.8 Å². The molecule has 0 bridgehead atoms. The minimum Gasteiger partial charge on any atom is -0.238 e. The summed E-state index contributed by atoms with van der Waals surface area (Å²) in [6, 6.07) is 15.9. The Morgan fingerprint density at radius 1 is 1.17 bits per heavy atom. The van der Waals surface area contributed by atoms with E-state index in [9.17, 15) is 0 Å². The van der Waals surface area contributed by atoms with Crippen molar-refractivity contribution in [1.82, 2.24) is 9.78 Å². The molecule has 0 atom stereocenters. The maximum Gasteiger partial charge on any atom is 0.101 e. The van der Waals surface area contributed by atoms with Crippen molar-refractivity contribution in [3.8, 4) is 11.8 Å². The number of aryl methyl sites for hydroxylation is 1. The van der Waals surface area contributed by atoms with Gasteiger partial charge in [-0.25, -0.2) is 4.68 Å². The Morgan fingerprint density at radius 3 is 2.78 bits per heavy atom. The van der Waals surface area contributed by atoms with Crippen LogP contribution in [0.5, 0.6) is 0 Å². The van der Waals surface area contributed by atoms with Crippen molar-refractivity contribution in [2.45, 2.75) is 6.92 Å². The van der Waals surface area contributed by atoms with E-state index >= 15 is 0 Å². The molecule has 0 fully saturated rings. The van der Waals surface area contributed by atoms with Gasteiger partial charge >= 0.3 is 0 Å². The fraction of sp³-hybridized carbons (Fsp3) is 0.0667. The molecule has 0 aliphatic heterocycles. The molecule has 1 heterocycles. The molecule has 3 rings (SSSR count). The molecule has 18 heavy (non-hydrogen) atoms. The Balaban J connectivity index is 2.26. The van der Waals surface area contributed by atoms with Gasteiger partial charge in [-0.05, 0) is 30.7 Å². The van der Waals surface area contributed by atoms with Crippen molar-refractivity contribution in [1.29, 1.82) is 5.26 Å². The highest BCUT2D eigenvalue weighted by Gasteiger charge is 2.07. The minimum absolute atomic E-state index is 0.633. The van der Waals surface area contributed by atoms with E-state index in [4.69, 9.17) is 5.26 Å². The van der Waals surface area contributed by atoms with Gasteiger partial charge in [-0.15, -0.1) is 0 Å². The number of nitrogens with zero attached hydrogens (tertiary/aromatic N) is 3. The molecule has 0 radical (unpaired) electrons. The Morgan fingerprint density at radius 2 is 2.00 bits per heavy atom. The Kier molecular flexibility index (Phi) is 2.35. The summed E-state index contributed by atoms with van der Waals surface area (Å²) in [5, 5.41) is 14.7. The topological polar surface area (TPSA) is 41.6 Å². The van der Waals surface area contributed by atoms with E-state index in [0.717, 1.165) is 22.2 Å². The second-order valence-corrected chi connectivity index (χ2v) is 4.26. The van der Waals surface area contributed by atoms with E-state index in [1.807, 2.05) is 55.6 Å². The second-order valence-electron chi connectivity index (χ2n) is 4.26. The van der Waals surface area contributed by atoms with Crippen molar-refractivity contribution >= 4 is 10.9 Å². The number of benzene rings is 2. The summed E-state index contributed by atoms with van der Waals surface area (Å²) in [6.07, 6.45) is 1.95. The lowest BCUT2D eigenvalue weighted by atomic mass is 10.1. The summed E-state index contributed by atoms with van der Waals surface area (Å²) in [7, 11) is 0. The van der Waals surface area contributed by atoms with E-state index in [0.29, 0.717) is 5.56 Å². The van der Waals surface area contributed by atoms with E-state index in [1.54, 1.807) is 4.68 Å². The number of aromatic nitrogens is 2. The smallest absolute Gasteiger partial charge is 0.101 e. The van der Waals surface area contributed by atoms with E-state index in [-0.39, 0.29) is 0 Å². The number of nitriles is 1. The fourth-order valence-corrected chi connectivity index (χ4v) is 2.01. The molecule has 0 spiro atoms. The third-order valence-corrected chi connectivity index (χ3v) is 2.93. The third-order valence-electron chi connectivity index (χ3n) is 2.93. The molecular weight excluding hydrogens is 222 g/mol. The quantitative estimate of drug-likeness (QED) is 0.647. The molecule has 0 saturated carbocycles. The maximum atomic E-state index is 9.15. The van der Waals surface area contributed by atoms with Crippen LogP contribution in [0.15, 0.2) is 48.7 Å². The lowest BCUT2D eigenvalue weighted by molar-refractivity contribution is 0.891. The molecule has 3 aromatic rings. The Hall–Kier alpha value is -2.60. The van der Waals surface area contributed by atoms with Gasteiger partial charge in [0.05, 0.1) is 16.8 Å². The highest BCUT2D eigenvalue weighted by molar-refractivity contribution is 5.78. The molecule has 3 heteroatoms. The first-order valence-electron chi connectivity index (χ1n) is 5.73. The van der Waals surface area contributed by atoms with Gasteiger partial charge < -0.3 is 0 Å². The highest BCUT2D eigenvalue weighted by Crippen LogP contribution is 2.19. The summed E-state index contributed by atoms with van der Waals surface area (Å²) >= 11 is 0.